The lowest BCUT2D eigenvalue weighted by molar-refractivity contribution is -0.217. The van der Waals surface area contributed by atoms with Gasteiger partial charge < -0.3 is 23.7 Å². The fraction of sp³-hybridized carbons (Fsp3) is 0.867. The number of fused-ring (bicyclic) bond motifs is 3. The first kappa shape index (κ1) is 15.7. The van der Waals surface area contributed by atoms with Crippen molar-refractivity contribution in [3.8, 4) is 0 Å². The SMILES string of the molecule is CCC(C)(C)C(=O)OC1C(=O)O[C@@H]2[C@H]3OC(C)(C)O[C@H]3O[C@H]12. The summed E-state index contributed by atoms with van der Waals surface area (Å²) in [6.45, 7) is 8.96. The average molecular weight is 314 g/mol. The highest BCUT2D eigenvalue weighted by Crippen LogP contribution is 2.43. The van der Waals surface area contributed by atoms with Gasteiger partial charge in [-0.05, 0) is 34.1 Å². The van der Waals surface area contributed by atoms with E-state index in [0.717, 1.165) is 0 Å². The zero-order valence-electron chi connectivity index (χ0n) is 13.5. The van der Waals surface area contributed by atoms with Crippen LogP contribution >= 0.6 is 0 Å². The fourth-order valence-electron chi connectivity index (χ4n) is 2.75. The van der Waals surface area contributed by atoms with Crippen molar-refractivity contribution in [3.63, 3.8) is 0 Å². The maximum absolute atomic E-state index is 12.2. The Bertz CT molecular complexity index is 498. The third kappa shape index (κ3) is 2.41. The van der Waals surface area contributed by atoms with Gasteiger partial charge in [0.1, 0.15) is 6.10 Å². The van der Waals surface area contributed by atoms with E-state index in [1.807, 2.05) is 6.92 Å². The molecule has 22 heavy (non-hydrogen) atoms. The van der Waals surface area contributed by atoms with E-state index in [4.69, 9.17) is 23.7 Å². The van der Waals surface area contributed by atoms with Crippen molar-refractivity contribution in [1.82, 2.24) is 0 Å². The molecule has 3 rings (SSSR count). The molecule has 3 aliphatic heterocycles. The van der Waals surface area contributed by atoms with Crippen LogP contribution in [-0.2, 0) is 33.3 Å². The topological polar surface area (TPSA) is 80.3 Å². The number of carbonyl (C=O) groups excluding carboxylic acids is 2. The molecule has 5 atom stereocenters. The van der Waals surface area contributed by atoms with Crippen molar-refractivity contribution in [3.05, 3.63) is 0 Å². The van der Waals surface area contributed by atoms with Gasteiger partial charge in [-0.15, -0.1) is 0 Å². The lowest BCUT2D eigenvalue weighted by Gasteiger charge is -2.24. The number of hydrogen-bond acceptors (Lipinski definition) is 7. The summed E-state index contributed by atoms with van der Waals surface area (Å²) in [6.07, 6.45) is -2.86. The lowest BCUT2D eigenvalue weighted by atomic mass is 9.90. The van der Waals surface area contributed by atoms with E-state index in [0.29, 0.717) is 6.42 Å². The Labute approximate surface area is 129 Å². The monoisotopic (exact) mass is 314 g/mol. The Morgan fingerprint density at radius 2 is 1.91 bits per heavy atom. The number of carbonyl (C=O) groups is 2. The molecule has 3 saturated heterocycles. The van der Waals surface area contributed by atoms with Gasteiger partial charge in [-0.25, -0.2) is 4.79 Å². The van der Waals surface area contributed by atoms with Crippen molar-refractivity contribution in [2.75, 3.05) is 0 Å². The Morgan fingerprint density at radius 3 is 2.55 bits per heavy atom. The molecular weight excluding hydrogens is 292 g/mol. The highest BCUT2D eigenvalue weighted by Gasteiger charge is 2.64. The van der Waals surface area contributed by atoms with E-state index in [1.165, 1.54) is 0 Å². The van der Waals surface area contributed by atoms with Crippen molar-refractivity contribution in [2.24, 2.45) is 5.41 Å². The molecule has 3 fully saturated rings. The predicted octanol–water partition coefficient (Wildman–Crippen LogP) is 1.14. The van der Waals surface area contributed by atoms with Crippen LogP contribution in [0.3, 0.4) is 0 Å². The van der Waals surface area contributed by atoms with E-state index < -0.39 is 53.8 Å². The Balaban J connectivity index is 1.72. The van der Waals surface area contributed by atoms with Crippen LogP contribution in [0.4, 0.5) is 0 Å². The van der Waals surface area contributed by atoms with Gasteiger partial charge in [-0.3, -0.25) is 4.79 Å². The summed E-state index contributed by atoms with van der Waals surface area (Å²) in [5, 5.41) is 0. The van der Waals surface area contributed by atoms with E-state index in [9.17, 15) is 9.59 Å². The van der Waals surface area contributed by atoms with Crippen LogP contribution in [0, 0.1) is 5.41 Å². The number of esters is 2. The van der Waals surface area contributed by atoms with Crippen LogP contribution < -0.4 is 0 Å². The molecule has 7 nitrogen and oxygen atoms in total. The Morgan fingerprint density at radius 1 is 1.23 bits per heavy atom. The molecular formula is C15H22O7. The molecule has 0 aromatic carbocycles. The molecule has 0 aromatic rings. The summed E-state index contributed by atoms with van der Waals surface area (Å²) in [6, 6.07) is 0. The molecule has 0 aliphatic carbocycles. The zero-order chi connectivity index (χ0) is 16.3. The number of rotatable bonds is 3. The summed E-state index contributed by atoms with van der Waals surface area (Å²) in [5.74, 6) is -1.83. The first-order valence-corrected chi connectivity index (χ1v) is 7.57. The zero-order valence-corrected chi connectivity index (χ0v) is 13.5. The molecule has 0 radical (unpaired) electrons. The lowest BCUT2D eigenvalue weighted by Crippen LogP contribution is -2.40. The Kier molecular flexibility index (Phi) is 3.50. The molecule has 7 heteroatoms. The molecule has 0 amide bonds. The second-order valence-corrected chi connectivity index (χ2v) is 7.03. The van der Waals surface area contributed by atoms with Gasteiger partial charge in [0.2, 0.25) is 6.10 Å². The molecule has 1 unspecified atom stereocenters. The van der Waals surface area contributed by atoms with Gasteiger partial charge in [0.05, 0.1) is 5.41 Å². The van der Waals surface area contributed by atoms with Crippen molar-refractivity contribution < 1.29 is 33.3 Å². The highest BCUT2D eigenvalue weighted by atomic mass is 16.8. The van der Waals surface area contributed by atoms with Crippen LogP contribution in [-0.4, -0.2) is 48.4 Å². The smallest absolute Gasteiger partial charge is 0.350 e. The van der Waals surface area contributed by atoms with E-state index in [1.54, 1.807) is 27.7 Å². The molecule has 0 spiro atoms. The summed E-state index contributed by atoms with van der Waals surface area (Å²) in [7, 11) is 0. The molecule has 0 N–H and O–H groups in total. The third-order valence-electron chi connectivity index (χ3n) is 4.48. The van der Waals surface area contributed by atoms with Crippen LogP contribution in [0.2, 0.25) is 0 Å². The standard InChI is InChI=1S/C15H22O7/c1-6-14(2,3)13(17)20-9-7-8(18-11(9)16)10-12(19-7)22-15(4,5)21-10/h7-10,12H,6H2,1-5H3/t7-,8-,9?,10+,12+/m0/s1. The first-order chi connectivity index (χ1) is 10.1. The quantitative estimate of drug-likeness (QED) is 0.722. The van der Waals surface area contributed by atoms with Gasteiger partial charge >= 0.3 is 11.9 Å². The summed E-state index contributed by atoms with van der Waals surface area (Å²) in [4.78, 5) is 24.2. The van der Waals surface area contributed by atoms with Crippen molar-refractivity contribution >= 4 is 11.9 Å². The minimum atomic E-state index is -1.07. The van der Waals surface area contributed by atoms with Gasteiger partial charge in [-0.2, -0.15) is 0 Å². The molecule has 0 aromatic heterocycles. The van der Waals surface area contributed by atoms with Crippen molar-refractivity contribution in [2.45, 2.75) is 77.5 Å². The third-order valence-corrected chi connectivity index (χ3v) is 4.48. The largest absolute Gasteiger partial charge is 0.454 e. The van der Waals surface area contributed by atoms with Crippen molar-refractivity contribution in [1.29, 1.82) is 0 Å². The average Bonchev–Trinajstić information content (AvgIpc) is 2.98. The molecule has 124 valence electrons. The minimum Gasteiger partial charge on any atom is -0.454 e. The van der Waals surface area contributed by atoms with Crippen LogP contribution in [0.15, 0.2) is 0 Å². The molecule has 0 saturated carbocycles. The first-order valence-electron chi connectivity index (χ1n) is 7.57. The van der Waals surface area contributed by atoms with Crippen LogP contribution in [0.5, 0.6) is 0 Å². The van der Waals surface area contributed by atoms with Crippen LogP contribution in [0.1, 0.15) is 41.0 Å². The normalized spacial score (nSPS) is 39.3. The van der Waals surface area contributed by atoms with E-state index in [-0.39, 0.29) is 0 Å². The molecule has 3 heterocycles. The number of hydrogen-bond donors (Lipinski definition) is 0. The second-order valence-electron chi connectivity index (χ2n) is 7.03. The van der Waals surface area contributed by atoms with Gasteiger partial charge in [0, 0.05) is 0 Å². The maximum Gasteiger partial charge on any atom is 0.350 e. The summed E-state index contributed by atoms with van der Waals surface area (Å²) in [5.41, 5.74) is -0.665. The summed E-state index contributed by atoms with van der Waals surface area (Å²) >= 11 is 0. The van der Waals surface area contributed by atoms with Gasteiger partial charge in [0.25, 0.3) is 0 Å². The maximum atomic E-state index is 12.2. The van der Waals surface area contributed by atoms with Gasteiger partial charge in [-0.1, -0.05) is 6.92 Å². The van der Waals surface area contributed by atoms with E-state index in [2.05, 4.69) is 0 Å². The summed E-state index contributed by atoms with van der Waals surface area (Å²) < 4.78 is 27.7. The Hall–Kier alpha value is -1.18. The molecule has 3 aliphatic rings. The molecule has 0 bridgehead atoms. The highest BCUT2D eigenvalue weighted by molar-refractivity contribution is 5.84. The van der Waals surface area contributed by atoms with Gasteiger partial charge in [0.15, 0.2) is 24.3 Å². The van der Waals surface area contributed by atoms with Crippen LogP contribution in [0.25, 0.3) is 0 Å². The fourth-order valence-corrected chi connectivity index (χ4v) is 2.75. The van der Waals surface area contributed by atoms with E-state index >= 15 is 0 Å². The predicted molar refractivity (Wildman–Crippen MR) is 72.5 cm³/mol. The number of ether oxygens (including phenoxy) is 5. The second kappa shape index (κ2) is 4.91. The minimum absolute atomic E-state index is 0.444.